The first kappa shape index (κ1) is 20.6. The third-order valence-electron chi connectivity index (χ3n) is 5.74. The van der Waals surface area contributed by atoms with E-state index >= 15 is 0 Å². The number of piperazine rings is 1. The Kier molecular flexibility index (Phi) is 5.21. The number of nitro benzene ring substituents is 1. The van der Waals surface area contributed by atoms with Crippen molar-refractivity contribution in [2.24, 2.45) is 0 Å². The topological polar surface area (TPSA) is 106 Å². The SMILES string of the molecule is Cc1ccc2nc(-c3ccco3)nc(N3CCN(C(=O)c4cccc([N+](=O)[O-])c4)CC3)c2c1. The van der Waals surface area contributed by atoms with Crippen LogP contribution in [0.3, 0.4) is 0 Å². The van der Waals surface area contributed by atoms with Crippen molar-refractivity contribution in [2.75, 3.05) is 31.1 Å². The van der Waals surface area contributed by atoms with Gasteiger partial charge in [0.25, 0.3) is 11.6 Å². The van der Waals surface area contributed by atoms with Crippen LogP contribution in [0.5, 0.6) is 0 Å². The number of non-ortho nitro benzene ring substituents is 1. The highest BCUT2D eigenvalue weighted by molar-refractivity contribution is 5.95. The second-order valence-electron chi connectivity index (χ2n) is 7.96. The quantitative estimate of drug-likeness (QED) is 0.346. The highest BCUT2D eigenvalue weighted by Gasteiger charge is 2.26. The van der Waals surface area contributed by atoms with Crippen LogP contribution in [0.1, 0.15) is 15.9 Å². The molecular formula is C24H21N5O4. The molecule has 9 heteroatoms. The van der Waals surface area contributed by atoms with Crippen LogP contribution in [0.2, 0.25) is 0 Å². The van der Waals surface area contributed by atoms with Gasteiger partial charge in [-0.25, -0.2) is 9.97 Å². The molecule has 0 saturated carbocycles. The fraction of sp³-hybridized carbons (Fsp3) is 0.208. The molecule has 0 unspecified atom stereocenters. The number of aryl methyl sites for hydroxylation is 1. The lowest BCUT2D eigenvalue weighted by Gasteiger charge is -2.36. The molecule has 0 spiro atoms. The summed E-state index contributed by atoms with van der Waals surface area (Å²) >= 11 is 0. The Morgan fingerprint density at radius 3 is 2.58 bits per heavy atom. The van der Waals surface area contributed by atoms with Gasteiger partial charge in [-0.3, -0.25) is 14.9 Å². The van der Waals surface area contributed by atoms with Crippen molar-refractivity contribution >= 4 is 28.3 Å². The van der Waals surface area contributed by atoms with E-state index < -0.39 is 4.92 Å². The molecule has 2 aromatic carbocycles. The zero-order valence-electron chi connectivity index (χ0n) is 18.0. The molecule has 0 atom stereocenters. The van der Waals surface area contributed by atoms with Crippen LogP contribution in [0.15, 0.2) is 65.3 Å². The minimum absolute atomic E-state index is 0.0900. The van der Waals surface area contributed by atoms with Gasteiger partial charge in [-0.05, 0) is 37.3 Å². The minimum Gasteiger partial charge on any atom is -0.461 e. The average molecular weight is 443 g/mol. The number of hydrogen-bond acceptors (Lipinski definition) is 7. The fourth-order valence-electron chi connectivity index (χ4n) is 4.04. The van der Waals surface area contributed by atoms with Gasteiger partial charge in [0.05, 0.1) is 16.7 Å². The molecule has 1 amide bonds. The van der Waals surface area contributed by atoms with Gasteiger partial charge in [0.1, 0.15) is 5.82 Å². The van der Waals surface area contributed by atoms with Crippen LogP contribution < -0.4 is 4.90 Å². The number of carbonyl (C=O) groups excluding carboxylic acids is 1. The molecule has 33 heavy (non-hydrogen) atoms. The number of nitro groups is 1. The summed E-state index contributed by atoms with van der Waals surface area (Å²) in [6, 6.07) is 15.5. The van der Waals surface area contributed by atoms with Gasteiger partial charge in [-0.2, -0.15) is 0 Å². The molecule has 4 aromatic rings. The first-order chi connectivity index (χ1) is 16.0. The van der Waals surface area contributed by atoms with E-state index in [1.54, 1.807) is 23.3 Å². The number of hydrogen-bond donors (Lipinski definition) is 0. The van der Waals surface area contributed by atoms with Crippen LogP contribution in [0.25, 0.3) is 22.5 Å². The van der Waals surface area contributed by atoms with Gasteiger partial charge < -0.3 is 14.2 Å². The van der Waals surface area contributed by atoms with E-state index in [1.807, 2.05) is 25.1 Å². The molecular weight excluding hydrogens is 422 g/mol. The number of rotatable bonds is 4. The van der Waals surface area contributed by atoms with E-state index in [1.165, 1.54) is 18.2 Å². The zero-order chi connectivity index (χ0) is 22.9. The Labute approximate surface area is 189 Å². The van der Waals surface area contributed by atoms with Gasteiger partial charge in [-0.1, -0.05) is 17.7 Å². The van der Waals surface area contributed by atoms with E-state index in [9.17, 15) is 14.9 Å². The molecule has 9 nitrogen and oxygen atoms in total. The fourth-order valence-corrected chi connectivity index (χ4v) is 4.04. The van der Waals surface area contributed by atoms with Crippen LogP contribution >= 0.6 is 0 Å². The van der Waals surface area contributed by atoms with E-state index in [0.717, 1.165) is 22.3 Å². The summed E-state index contributed by atoms with van der Waals surface area (Å²) < 4.78 is 5.51. The number of carbonyl (C=O) groups is 1. The molecule has 2 aromatic heterocycles. The monoisotopic (exact) mass is 443 g/mol. The predicted octanol–water partition coefficient (Wildman–Crippen LogP) is 4.07. The molecule has 1 aliphatic rings. The summed E-state index contributed by atoms with van der Waals surface area (Å²) in [4.78, 5) is 36.8. The number of furan rings is 1. The molecule has 3 heterocycles. The third-order valence-corrected chi connectivity index (χ3v) is 5.74. The van der Waals surface area contributed by atoms with Gasteiger partial charge in [0.2, 0.25) is 0 Å². The number of aromatic nitrogens is 2. The van der Waals surface area contributed by atoms with Crippen molar-refractivity contribution in [3.05, 3.63) is 82.1 Å². The van der Waals surface area contributed by atoms with Crippen molar-refractivity contribution in [2.45, 2.75) is 6.92 Å². The number of nitrogens with zero attached hydrogens (tertiary/aromatic N) is 5. The molecule has 1 fully saturated rings. The summed E-state index contributed by atoms with van der Waals surface area (Å²) in [5.74, 6) is 1.70. The van der Waals surface area contributed by atoms with Gasteiger partial charge in [0, 0.05) is 49.3 Å². The number of amides is 1. The summed E-state index contributed by atoms with van der Waals surface area (Å²) in [5, 5.41) is 12.0. The molecule has 1 saturated heterocycles. The molecule has 1 aliphatic heterocycles. The summed E-state index contributed by atoms with van der Waals surface area (Å²) in [5.41, 5.74) is 2.17. The van der Waals surface area contributed by atoms with E-state index in [4.69, 9.17) is 9.40 Å². The first-order valence-electron chi connectivity index (χ1n) is 10.6. The van der Waals surface area contributed by atoms with Gasteiger partial charge in [0.15, 0.2) is 11.6 Å². The normalized spacial score (nSPS) is 14.0. The van der Waals surface area contributed by atoms with Crippen LogP contribution in [-0.2, 0) is 0 Å². The van der Waals surface area contributed by atoms with E-state index in [0.29, 0.717) is 43.3 Å². The first-order valence-corrected chi connectivity index (χ1v) is 10.6. The lowest BCUT2D eigenvalue weighted by Crippen LogP contribution is -2.49. The average Bonchev–Trinajstić information content (AvgIpc) is 3.38. The summed E-state index contributed by atoms with van der Waals surface area (Å²) in [6.45, 7) is 4.15. The largest absolute Gasteiger partial charge is 0.461 e. The lowest BCUT2D eigenvalue weighted by atomic mass is 10.1. The van der Waals surface area contributed by atoms with Gasteiger partial charge in [-0.15, -0.1) is 0 Å². The Morgan fingerprint density at radius 1 is 1.03 bits per heavy atom. The summed E-state index contributed by atoms with van der Waals surface area (Å²) in [6.07, 6.45) is 1.59. The number of fused-ring (bicyclic) bond motifs is 1. The molecule has 166 valence electrons. The Balaban J connectivity index is 1.41. The third kappa shape index (κ3) is 4.00. The predicted molar refractivity (Wildman–Crippen MR) is 123 cm³/mol. The van der Waals surface area contributed by atoms with Crippen LogP contribution in [0, 0.1) is 17.0 Å². The smallest absolute Gasteiger partial charge is 0.270 e. The standard InChI is InChI=1S/C24H21N5O4/c1-16-7-8-20-19(14-16)23(26-22(25-20)21-6-3-13-33-21)27-9-11-28(12-10-27)24(30)17-4-2-5-18(15-17)29(31)32/h2-8,13-15H,9-12H2,1H3. The highest BCUT2D eigenvalue weighted by Crippen LogP contribution is 2.29. The lowest BCUT2D eigenvalue weighted by molar-refractivity contribution is -0.384. The molecule has 0 aliphatic carbocycles. The van der Waals surface area contributed by atoms with Crippen molar-refractivity contribution in [3.8, 4) is 11.6 Å². The molecule has 5 rings (SSSR count). The highest BCUT2D eigenvalue weighted by atomic mass is 16.6. The van der Waals surface area contributed by atoms with Gasteiger partial charge >= 0.3 is 0 Å². The van der Waals surface area contributed by atoms with Crippen molar-refractivity contribution in [3.63, 3.8) is 0 Å². The van der Waals surface area contributed by atoms with E-state index in [2.05, 4.69) is 16.0 Å². The molecule has 0 N–H and O–H groups in total. The Bertz CT molecular complexity index is 1340. The van der Waals surface area contributed by atoms with E-state index in [-0.39, 0.29) is 11.6 Å². The van der Waals surface area contributed by atoms with Crippen molar-refractivity contribution in [1.29, 1.82) is 0 Å². The maximum absolute atomic E-state index is 12.9. The second kappa shape index (κ2) is 8.34. The number of benzene rings is 2. The number of anilines is 1. The zero-order valence-corrected chi connectivity index (χ0v) is 18.0. The maximum Gasteiger partial charge on any atom is 0.270 e. The maximum atomic E-state index is 12.9. The van der Waals surface area contributed by atoms with Crippen LogP contribution in [-0.4, -0.2) is 51.9 Å². The Morgan fingerprint density at radius 2 is 1.85 bits per heavy atom. The second-order valence-corrected chi connectivity index (χ2v) is 7.96. The van der Waals surface area contributed by atoms with Crippen LogP contribution in [0.4, 0.5) is 11.5 Å². The minimum atomic E-state index is -0.493. The van der Waals surface area contributed by atoms with Crippen molar-refractivity contribution in [1.82, 2.24) is 14.9 Å². The molecule has 0 bridgehead atoms. The van der Waals surface area contributed by atoms with Crippen molar-refractivity contribution < 1.29 is 14.1 Å². The summed E-state index contributed by atoms with van der Waals surface area (Å²) in [7, 11) is 0. The Hall–Kier alpha value is -4.27. The molecule has 0 radical (unpaired) electrons.